The monoisotopic (exact) mass is 532 g/mol. The molecule has 1 aliphatic rings. The van der Waals surface area contributed by atoms with Gasteiger partial charge in [-0.05, 0) is 84.0 Å². The number of ether oxygens (including phenoxy) is 3. The summed E-state index contributed by atoms with van der Waals surface area (Å²) in [5.41, 5.74) is 5.71. The van der Waals surface area contributed by atoms with Crippen molar-refractivity contribution in [3.63, 3.8) is 0 Å². The highest BCUT2D eigenvalue weighted by Crippen LogP contribution is 2.46. The Bertz CT molecular complexity index is 1390. The first-order valence-corrected chi connectivity index (χ1v) is 12.7. The minimum Gasteiger partial charge on any atom is -0.493 e. The van der Waals surface area contributed by atoms with E-state index in [0.717, 1.165) is 27.8 Å². The van der Waals surface area contributed by atoms with Crippen LogP contribution in [0.5, 0.6) is 11.5 Å². The van der Waals surface area contributed by atoms with Gasteiger partial charge in [0.15, 0.2) is 6.29 Å². The summed E-state index contributed by atoms with van der Waals surface area (Å²) in [6.07, 6.45) is -0.272. The highest BCUT2D eigenvalue weighted by atomic mass is 16.5. The molecule has 0 fully saturated rings. The first-order chi connectivity index (χ1) is 18.7. The smallest absolute Gasteiger partial charge is 0.343 e. The average Bonchev–Trinajstić information content (AvgIpc) is 3.21. The van der Waals surface area contributed by atoms with Crippen molar-refractivity contribution in [2.45, 2.75) is 38.9 Å². The van der Waals surface area contributed by atoms with Gasteiger partial charge in [0.1, 0.15) is 11.5 Å². The van der Waals surface area contributed by atoms with E-state index in [1.54, 1.807) is 36.4 Å². The first kappa shape index (κ1) is 28.0. The van der Waals surface area contributed by atoms with E-state index >= 15 is 0 Å². The first-order valence-electron chi connectivity index (χ1n) is 12.7. The van der Waals surface area contributed by atoms with Crippen molar-refractivity contribution in [2.75, 3.05) is 19.8 Å². The van der Waals surface area contributed by atoms with Gasteiger partial charge in [0, 0.05) is 11.5 Å². The Morgan fingerprint density at radius 2 is 1.64 bits per heavy atom. The lowest BCUT2D eigenvalue weighted by atomic mass is 9.97. The van der Waals surface area contributed by atoms with Gasteiger partial charge in [0.25, 0.3) is 0 Å². The number of hydrogen-bond donors (Lipinski definition) is 3. The minimum atomic E-state index is -1.53. The zero-order valence-electron chi connectivity index (χ0n) is 22.0. The fourth-order valence-electron chi connectivity index (χ4n) is 4.54. The summed E-state index contributed by atoms with van der Waals surface area (Å²) in [4.78, 5) is 24.3. The molecule has 8 nitrogen and oxygen atoms in total. The summed E-state index contributed by atoms with van der Waals surface area (Å²) in [5.74, 6) is 0.00665. The van der Waals surface area contributed by atoms with Crippen LogP contribution in [-0.4, -0.2) is 47.1 Å². The SMILES string of the molecule is C=C(CO)C(=O)OCCCCOc1ccc(C(=O)Oc2ccc3c(c2)C(C)c2cc(C(O)O)ccc2-3)cc1C. The van der Waals surface area contributed by atoms with Crippen LogP contribution in [-0.2, 0) is 9.53 Å². The van der Waals surface area contributed by atoms with Gasteiger partial charge in [-0.1, -0.05) is 31.7 Å². The van der Waals surface area contributed by atoms with Crippen molar-refractivity contribution in [1.82, 2.24) is 0 Å². The lowest BCUT2D eigenvalue weighted by molar-refractivity contribution is -0.139. The highest BCUT2D eigenvalue weighted by Gasteiger charge is 2.27. The zero-order chi connectivity index (χ0) is 28.1. The van der Waals surface area contributed by atoms with Crippen molar-refractivity contribution in [2.24, 2.45) is 0 Å². The molecule has 204 valence electrons. The standard InChI is InChI=1S/C31H32O8/c1-18-14-22(7-11-28(18)37-12-4-5-13-38-30(35)19(2)17-32)31(36)39-23-8-10-25-24-9-6-21(29(33)34)15-26(24)20(3)27(25)16-23/h6-11,14-16,20,29,32-34H,2,4-5,12-13,17H2,1,3H3. The highest BCUT2D eigenvalue weighted by molar-refractivity contribution is 5.92. The molecule has 8 heteroatoms. The molecule has 0 aliphatic heterocycles. The van der Waals surface area contributed by atoms with Crippen LogP contribution < -0.4 is 9.47 Å². The molecule has 0 heterocycles. The molecule has 3 aromatic rings. The second kappa shape index (κ2) is 12.3. The van der Waals surface area contributed by atoms with Crippen LogP contribution in [0.4, 0.5) is 0 Å². The molecule has 1 aliphatic carbocycles. The molecule has 3 N–H and O–H groups in total. The number of benzene rings is 3. The van der Waals surface area contributed by atoms with E-state index in [0.29, 0.717) is 42.1 Å². The summed E-state index contributed by atoms with van der Waals surface area (Å²) in [5, 5.41) is 27.9. The van der Waals surface area contributed by atoms with E-state index in [2.05, 4.69) is 6.58 Å². The summed E-state index contributed by atoms with van der Waals surface area (Å²) in [7, 11) is 0. The van der Waals surface area contributed by atoms with Crippen LogP contribution >= 0.6 is 0 Å². The van der Waals surface area contributed by atoms with Crippen LogP contribution in [0.1, 0.15) is 64.6 Å². The number of hydrogen-bond acceptors (Lipinski definition) is 8. The minimum absolute atomic E-state index is 0.0121. The third-order valence-corrected chi connectivity index (χ3v) is 6.75. The lowest BCUT2D eigenvalue weighted by Gasteiger charge is -2.12. The molecule has 0 saturated heterocycles. The number of aliphatic hydroxyl groups excluding tert-OH is 2. The predicted octanol–water partition coefficient (Wildman–Crippen LogP) is 4.58. The van der Waals surface area contributed by atoms with Gasteiger partial charge < -0.3 is 29.5 Å². The molecule has 1 unspecified atom stereocenters. The maximum absolute atomic E-state index is 12.9. The Balaban J connectivity index is 1.32. The molecule has 0 amide bonds. The topological polar surface area (TPSA) is 123 Å². The predicted molar refractivity (Wildman–Crippen MR) is 145 cm³/mol. The number of esters is 2. The number of aryl methyl sites for hydroxylation is 1. The fraction of sp³-hybridized carbons (Fsp3) is 0.290. The Hall–Kier alpha value is -3.98. The van der Waals surface area contributed by atoms with Crippen LogP contribution in [0.2, 0.25) is 0 Å². The van der Waals surface area contributed by atoms with Crippen LogP contribution in [0.3, 0.4) is 0 Å². The van der Waals surface area contributed by atoms with Gasteiger partial charge in [-0.2, -0.15) is 0 Å². The van der Waals surface area contributed by atoms with Crippen molar-refractivity contribution in [3.8, 4) is 22.6 Å². The number of carbonyl (C=O) groups is 2. The van der Waals surface area contributed by atoms with Gasteiger partial charge in [0.05, 0.1) is 31.0 Å². The van der Waals surface area contributed by atoms with E-state index in [4.69, 9.17) is 19.3 Å². The second-order valence-electron chi connectivity index (χ2n) is 9.51. The zero-order valence-corrected chi connectivity index (χ0v) is 22.0. The Morgan fingerprint density at radius 3 is 2.33 bits per heavy atom. The summed E-state index contributed by atoms with van der Waals surface area (Å²) < 4.78 is 16.5. The molecule has 0 radical (unpaired) electrons. The fourth-order valence-corrected chi connectivity index (χ4v) is 4.54. The summed E-state index contributed by atoms with van der Waals surface area (Å²) in [6.45, 7) is 7.50. The molecule has 39 heavy (non-hydrogen) atoms. The van der Waals surface area contributed by atoms with Crippen LogP contribution in [0, 0.1) is 6.92 Å². The normalized spacial score (nSPS) is 13.5. The van der Waals surface area contributed by atoms with Gasteiger partial charge in [0.2, 0.25) is 0 Å². The largest absolute Gasteiger partial charge is 0.493 e. The van der Waals surface area contributed by atoms with Crippen molar-refractivity contribution in [3.05, 3.63) is 94.6 Å². The van der Waals surface area contributed by atoms with E-state index in [9.17, 15) is 19.8 Å². The molecular formula is C31H32O8. The maximum Gasteiger partial charge on any atom is 0.343 e. The van der Waals surface area contributed by atoms with E-state index in [1.807, 2.05) is 32.0 Å². The molecule has 0 spiro atoms. The van der Waals surface area contributed by atoms with Crippen molar-refractivity contribution >= 4 is 11.9 Å². The molecule has 0 aromatic heterocycles. The Morgan fingerprint density at radius 1 is 0.949 bits per heavy atom. The Kier molecular flexibility index (Phi) is 8.81. The number of rotatable bonds is 11. The molecule has 1 atom stereocenters. The average molecular weight is 533 g/mol. The summed E-state index contributed by atoms with van der Waals surface area (Å²) in [6, 6.07) is 16.0. The quantitative estimate of drug-likeness (QED) is 0.108. The molecular weight excluding hydrogens is 500 g/mol. The van der Waals surface area contributed by atoms with Gasteiger partial charge >= 0.3 is 11.9 Å². The van der Waals surface area contributed by atoms with E-state index < -0.39 is 24.8 Å². The molecule has 3 aromatic carbocycles. The Labute approximate surface area is 227 Å². The van der Waals surface area contributed by atoms with E-state index in [-0.39, 0.29) is 18.1 Å². The summed E-state index contributed by atoms with van der Waals surface area (Å²) >= 11 is 0. The number of aliphatic hydroxyl groups is 3. The second-order valence-corrected chi connectivity index (χ2v) is 9.51. The lowest BCUT2D eigenvalue weighted by Crippen LogP contribution is -2.11. The molecule has 4 rings (SSSR count). The van der Waals surface area contributed by atoms with Crippen LogP contribution in [0.15, 0.2) is 66.7 Å². The van der Waals surface area contributed by atoms with E-state index in [1.165, 1.54) is 0 Å². The van der Waals surface area contributed by atoms with Gasteiger partial charge in [-0.15, -0.1) is 0 Å². The number of carbonyl (C=O) groups excluding carboxylic acids is 2. The number of fused-ring (bicyclic) bond motifs is 3. The van der Waals surface area contributed by atoms with Crippen LogP contribution in [0.25, 0.3) is 11.1 Å². The van der Waals surface area contributed by atoms with Crippen molar-refractivity contribution < 1.29 is 39.1 Å². The third-order valence-electron chi connectivity index (χ3n) is 6.75. The van der Waals surface area contributed by atoms with Gasteiger partial charge in [-0.25, -0.2) is 9.59 Å². The van der Waals surface area contributed by atoms with Gasteiger partial charge in [-0.3, -0.25) is 0 Å². The number of unbranched alkanes of at least 4 members (excludes halogenated alkanes) is 1. The third kappa shape index (κ3) is 6.37. The maximum atomic E-state index is 12.9. The van der Waals surface area contributed by atoms with Crippen molar-refractivity contribution in [1.29, 1.82) is 0 Å². The molecule has 0 bridgehead atoms. The molecule has 0 saturated carbocycles.